The lowest BCUT2D eigenvalue weighted by molar-refractivity contribution is -0.133. The molecule has 0 unspecified atom stereocenters. The Morgan fingerprint density at radius 1 is 0.964 bits per heavy atom. The number of allylic oxidation sites excluding steroid dienone is 7. The maximum Gasteiger partial charge on any atom is 0.229 e. The van der Waals surface area contributed by atoms with Crippen LogP contribution in [0.1, 0.15) is 66.7 Å². The Bertz CT molecular complexity index is 648. The van der Waals surface area contributed by atoms with Gasteiger partial charge < -0.3 is 14.6 Å². The van der Waals surface area contributed by atoms with Gasteiger partial charge in [0.15, 0.2) is 0 Å². The Morgan fingerprint density at radius 2 is 1.54 bits per heavy atom. The van der Waals surface area contributed by atoms with Gasteiger partial charge in [-0.1, -0.05) is 41.9 Å². The van der Waals surface area contributed by atoms with Gasteiger partial charge >= 0.3 is 0 Å². The van der Waals surface area contributed by atoms with Crippen molar-refractivity contribution in [3.05, 3.63) is 46.5 Å². The zero-order valence-corrected chi connectivity index (χ0v) is 18.7. The number of Topliss-reactive ketones (excluding diaryl/α,β-unsaturated/α-hetero) is 1. The number of methoxy groups -OCH3 is 2. The van der Waals surface area contributed by atoms with Gasteiger partial charge in [-0.15, -0.1) is 0 Å². The molecule has 3 atom stereocenters. The first-order valence-electron chi connectivity index (χ1n) is 10.2. The third-order valence-corrected chi connectivity index (χ3v) is 5.46. The monoisotopic (exact) mass is 390 g/mol. The fraction of sp³-hybridized carbons (Fsp3) is 0.625. The van der Waals surface area contributed by atoms with E-state index in [-0.39, 0.29) is 23.4 Å². The second-order valence-electron chi connectivity index (χ2n) is 8.06. The van der Waals surface area contributed by atoms with Gasteiger partial charge in [0.25, 0.3) is 0 Å². The Hall–Kier alpha value is -1.81. The van der Waals surface area contributed by atoms with Gasteiger partial charge in [0.05, 0.1) is 14.2 Å². The molecule has 0 aromatic carbocycles. The van der Waals surface area contributed by atoms with Gasteiger partial charge in [0.2, 0.25) is 11.5 Å². The first-order valence-corrected chi connectivity index (χ1v) is 10.2. The molecule has 0 radical (unpaired) electrons. The van der Waals surface area contributed by atoms with E-state index in [1.807, 2.05) is 6.92 Å². The summed E-state index contributed by atoms with van der Waals surface area (Å²) in [6, 6.07) is 0. The lowest BCUT2D eigenvalue weighted by Crippen LogP contribution is -2.41. The molecule has 0 heterocycles. The Labute approximate surface area is 171 Å². The summed E-state index contributed by atoms with van der Waals surface area (Å²) in [7, 11) is 2.98. The molecule has 4 heteroatoms. The van der Waals surface area contributed by atoms with Gasteiger partial charge in [-0.25, -0.2) is 0 Å². The second kappa shape index (κ2) is 11.9. The van der Waals surface area contributed by atoms with E-state index in [1.165, 1.54) is 23.8 Å². The predicted octanol–water partition coefficient (Wildman–Crippen LogP) is 5.50. The number of aliphatic hydroxyl groups is 1. The minimum absolute atomic E-state index is 0.0751. The van der Waals surface area contributed by atoms with Crippen LogP contribution in [-0.4, -0.2) is 31.2 Å². The molecule has 0 saturated carbocycles. The van der Waals surface area contributed by atoms with Gasteiger partial charge in [-0.2, -0.15) is 0 Å². The lowest BCUT2D eigenvalue weighted by Gasteiger charge is -2.33. The normalized spacial score (nSPS) is 23.7. The molecule has 1 N–H and O–H groups in total. The van der Waals surface area contributed by atoms with Crippen LogP contribution in [0.5, 0.6) is 0 Å². The number of ether oxygens (including phenoxy) is 2. The van der Waals surface area contributed by atoms with Crippen molar-refractivity contribution in [2.24, 2.45) is 11.8 Å². The molecule has 0 aromatic rings. The average Bonchev–Trinajstić information content (AvgIpc) is 2.64. The first kappa shape index (κ1) is 24.2. The Balaban J connectivity index is 2.64. The molecule has 28 heavy (non-hydrogen) atoms. The summed E-state index contributed by atoms with van der Waals surface area (Å²) in [6.45, 7) is 10.5. The van der Waals surface area contributed by atoms with Crippen molar-refractivity contribution in [3.63, 3.8) is 0 Å². The van der Waals surface area contributed by atoms with Crippen LogP contribution in [0.4, 0.5) is 0 Å². The molecule has 158 valence electrons. The largest absolute Gasteiger partial charge is 0.497 e. The highest BCUT2D eigenvalue weighted by Crippen LogP contribution is 2.36. The van der Waals surface area contributed by atoms with Gasteiger partial charge in [-0.05, 0) is 59.8 Å². The SMILES string of the molecule is COC1=C(OC)[C@H](C)[C@H](C/C=C(\C)CC/C=C(\C)CCC=C(C)C)[C@H](O)C1=O. The predicted molar refractivity (Wildman–Crippen MR) is 115 cm³/mol. The average molecular weight is 391 g/mol. The quantitative estimate of drug-likeness (QED) is 0.501. The molecule has 1 aliphatic carbocycles. The summed E-state index contributed by atoms with van der Waals surface area (Å²) >= 11 is 0. The van der Waals surface area contributed by atoms with Crippen molar-refractivity contribution in [2.45, 2.75) is 72.8 Å². The zero-order chi connectivity index (χ0) is 21.3. The maximum absolute atomic E-state index is 12.4. The van der Waals surface area contributed by atoms with E-state index in [0.717, 1.165) is 25.7 Å². The molecule has 0 fully saturated rings. The van der Waals surface area contributed by atoms with E-state index < -0.39 is 6.10 Å². The Morgan fingerprint density at radius 3 is 2.07 bits per heavy atom. The maximum atomic E-state index is 12.4. The van der Waals surface area contributed by atoms with Crippen LogP contribution in [0, 0.1) is 11.8 Å². The minimum Gasteiger partial charge on any atom is -0.497 e. The number of rotatable bonds is 10. The third kappa shape index (κ3) is 6.97. The molecule has 0 aromatic heterocycles. The fourth-order valence-corrected chi connectivity index (χ4v) is 3.61. The standard InChI is InChI=1S/C24H38O4/c1-16(2)10-8-11-17(3)12-9-13-18(4)14-15-20-19(5)23(27-6)24(28-7)22(26)21(20)25/h10,12,14,19-21,25H,8-9,11,13,15H2,1-7H3/b17-12+,18-14+/t19-,20+,21+/m1/s1. The van der Waals surface area contributed by atoms with Crippen molar-refractivity contribution in [1.29, 1.82) is 0 Å². The number of carbonyl (C=O) groups is 1. The van der Waals surface area contributed by atoms with Crippen LogP contribution >= 0.6 is 0 Å². The summed E-state index contributed by atoms with van der Waals surface area (Å²) in [4.78, 5) is 12.4. The van der Waals surface area contributed by atoms with Crippen molar-refractivity contribution in [3.8, 4) is 0 Å². The number of hydrogen-bond acceptors (Lipinski definition) is 4. The highest BCUT2D eigenvalue weighted by Gasteiger charge is 2.42. The zero-order valence-electron chi connectivity index (χ0n) is 18.7. The molecule has 0 bridgehead atoms. The number of carbonyl (C=O) groups excluding carboxylic acids is 1. The lowest BCUT2D eigenvalue weighted by atomic mass is 9.77. The van der Waals surface area contributed by atoms with Gasteiger partial charge in [-0.3, -0.25) is 4.79 Å². The third-order valence-electron chi connectivity index (χ3n) is 5.46. The fourth-order valence-electron chi connectivity index (χ4n) is 3.61. The molecule has 0 spiro atoms. The van der Waals surface area contributed by atoms with E-state index >= 15 is 0 Å². The van der Waals surface area contributed by atoms with E-state index in [2.05, 4.69) is 45.9 Å². The number of aliphatic hydroxyl groups excluding tert-OH is 1. The second-order valence-corrected chi connectivity index (χ2v) is 8.06. The molecule has 4 nitrogen and oxygen atoms in total. The van der Waals surface area contributed by atoms with Crippen molar-refractivity contribution in [2.75, 3.05) is 14.2 Å². The van der Waals surface area contributed by atoms with E-state index in [0.29, 0.717) is 12.2 Å². The van der Waals surface area contributed by atoms with Gasteiger partial charge in [0.1, 0.15) is 11.9 Å². The minimum atomic E-state index is -1.05. The van der Waals surface area contributed by atoms with Crippen LogP contribution in [0.25, 0.3) is 0 Å². The van der Waals surface area contributed by atoms with Crippen LogP contribution < -0.4 is 0 Å². The van der Waals surface area contributed by atoms with E-state index in [1.54, 1.807) is 7.11 Å². The van der Waals surface area contributed by atoms with E-state index in [9.17, 15) is 9.90 Å². The molecule has 0 aliphatic heterocycles. The molecular formula is C24H38O4. The molecule has 1 aliphatic rings. The summed E-state index contributed by atoms with van der Waals surface area (Å²) in [5.74, 6) is 0.0203. The smallest absolute Gasteiger partial charge is 0.229 e. The van der Waals surface area contributed by atoms with Crippen molar-refractivity contribution in [1.82, 2.24) is 0 Å². The van der Waals surface area contributed by atoms with Crippen LogP contribution in [0.15, 0.2) is 46.5 Å². The molecule has 0 amide bonds. The number of hydrogen-bond donors (Lipinski definition) is 1. The van der Waals surface area contributed by atoms with Crippen LogP contribution in [0.2, 0.25) is 0 Å². The summed E-state index contributed by atoms with van der Waals surface area (Å²) in [6.07, 6.45) is 10.5. The molecular weight excluding hydrogens is 352 g/mol. The highest BCUT2D eigenvalue weighted by molar-refractivity contribution is 5.98. The summed E-state index contributed by atoms with van der Waals surface area (Å²) in [5, 5.41) is 10.4. The van der Waals surface area contributed by atoms with E-state index in [4.69, 9.17) is 9.47 Å². The highest BCUT2D eigenvalue weighted by atomic mass is 16.5. The topological polar surface area (TPSA) is 55.8 Å². The van der Waals surface area contributed by atoms with Crippen molar-refractivity contribution < 1.29 is 19.4 Å². The number of ketones is 1. The molecule has 1 rings (SSSR count). The van der Waals surface area contributed by atoms with Gasteiger partial charge in [0, 0.05) is 11.8 Å². The summed E-state index contributed by atoms with van der Waals surface area (Å²) in [5.41, 5.74) is 4.07. The Kier molecular flexibility index (Phi) is 10.3. The molecule has 0 saturated heterocycles. The van der Waals surface area contributed by atoms with Crippen LogP contribution in [0.3, 0.4) is 0 Å². The first-order chi connectivity index (χ1) is 13.2. The van der Waals surface area contributed by atoms with Crippen molar-refractivity contribution >= 4 is 5.78 Å². The summed E-state index contributed by atoms with van der Waals surface area (Å²) < 4.78 is 10.5. The van der Waals surface area contributed by atoms with Crippen LogP contribution in [-0.2, 0) is 14.3 Å².